The van der Waals surface area contributed by atoms with Gasteiger partial charge in [0.25, 0.3) is 0 Å². The standard InChI is InChI=1S/C23H23Br/c1-2-3-4-5-18-6-8-19(9-7-18)10-11-20-12-13-22-17-23(24)15-14-21(22)16-20/h6-9,14-17H,2-5,12-13H2,1H3. The molecule has 3 rings (SSSR count). The van der Waals surface area contributed by atoms with Crippen LogP contribution in [0, 0.1) is 11.8 Å². The summed E-state index contributed by atoms with van der Waals surface area (Å²) >= 11 is 3.54. The van der Waals surface area contributed by atoms with Crippen LogP contribution in [-0.4, -0.2) is 0 Å². The quantitative estimate of drug-likeness (QED) is 0.417. The van der Waals surface area contributed by atoms with Crippen LogP contribution in [0.15, 0.2) is 52.5 Å². The zero-order valence-electron chi connectivity index (χ0n) is 14.2. The predicted octanol–water partition coefficient (Wildman–Crippen LogP) is 6.56. The van der Waals surface area contributed by atoms with E-state index in [9.17, 15) is 0 Å². The number of halogens is 1. The van der Waals surface area contributed by atoms with Gasteiger partial charge in [-0.25, -0.2) is 0 Å². The summed E-state index contributed by atoms with van der Waals surface area (Å²) in [6.07, 6.45) is 9.39. The molecule has 0 radical (unpaired) electrons. The summed E-state index contributed by atoms with van der Waals surface area (Å²) in [4.78, 5) is 0. The molecule has 0 heterocycles. The van der Waals surface area contributed by atoms with Gasteiger partial charge in [-0.15, -0.1) is 0 Å². The third-order valence-electron chi connectivity index (χ3n) is 4.49. The van der Waals surface area contributed by atoms with Gasteiger partial charge in [0.15, 0.2) is 0 Å². The first-order chi connectivity index (χ1) is 11.7. The van der Waals surface area contributed by atoms with Gasteiger partial charge in [-0.2, -0.15) is 0 Å². The first-order valence-corrected chi connectivity index (χ1v) is 9.64. The second-order valence-corrected chi connectivity index (χ2v) is 7.33. The zero-order chi connectivity index (χ0) is 16.8. The lowest BCUT2D eigenvalue weighted by atomic mass is 9.92. The monoisotopic (exact) mass is 378 g/mol. The number of rotatable bonds is 4. The minimum absolute atomic E-state index is 1.03. The zero-order valence-corrected chi connectivity index (χ0v) is 15.8. The Morgan fingerprint density at radius 1 is 0.958 bits per heavy atom. The second-order valence-electron chi connectivity index (χ2n) is 6.42. The molecule has 0 fully saturated rings. The van der Waals surface area contributed by atoms with E-state index in [0.717, 1.165) is 22.9 Å². The molecule has 0 saturated carbocycles. The Morgan fingerprint density at radius 2 is 1.79 bits per heavy atom. The highest BCUT2D eigenvalue weighted by Gasteiger charge is 2.09. The Kier molecular flexibility index (Phi) is 5.94. The summed E-state index contributed by atoms with van der Waals surface area (Å²) in [6.45, 7) is 2.25. The van der Waals surface area contributed by atoms with Crippen LogP contribution in [0.4, 0.5) is 0 Å². The Morgan fingerprint density at radius 3 is 2.58 bits per heavy atom. The largest absolute Gasteiger partial charge is 0.0661 e. The number of benzene rings is 2. The molecule has 0 atom stereocenters. The van der Waals surface area contributed by atoms with Crippen molar-refractivity contribution in [2.75, 3.05) is 0 Å². The fourth-order valence-electron chi connectivity index (χ4n) is 3.05. The minimum Gasteiger partial charge on any atom is -0.0661 e. The molecule has 2 aromatic rings. The van der Waals surface area contributed by atoms with Gasteiger partial charge in [-0.1, -0.05) is 65.7 Å². The van der Waals surface area contributed by atoms with Gasteiger partial charge in [-0.3, -0.25) is 0 Å². The molecule has 0 unspecified atom stereocenters. The van der Waals surface area contributed by atoms with Gasteiger partial charge in [0.2, 0.25) is 0 Å². The van der Waals surface area contributed by atoms with E-state index in [0.29, 0.717) is 0 Å². The first kappa shape index (κ1) is 17.1. The maximum absolute atomic E-state index is 3.54. The predicted molar refractivity (Wildman–Crippen MR) is 107 cm³/mol. The molecule has 2 aromatic carbocycles. The van der Waals surface area contributed by atoms with E-state index in [1.54, 1.807) is 0 Å². The number of aryl methyl sites for hydroxylation is 2. The van der Waals surface area contributed by atoms with Gasteiger partial charge in [0.05, 0.1) is 0 Å². The molecule has 0 nitrogen and oxygen atoms in total. The summed E-state index contributed by atoms with van der Waals surface area (Å²) in [7, 11) is 0. The highest BCUT2D eigenvalue weighted by Crippen LogP contribution is 2.26. The van der Waals surface area contributed by atoms with Crippen molar-refractivity contribution < 1.29 is 0 Å². The molecule has 0 amide bonds. The first-order valence-electron chi connectivity index (χ1n) is 8.84. The summed E-state index contributed by atoms with van der Waals surface area (Å²) in [5.41, 5.74) is 6.48. The van der Waals surface area contributed by atoms with Crippen molar-refractivity contribution in [3.63, 3.8) is 0 Å². The third-order valence-corrected chi connectivity index (χ3v) is 4.98. The molecular formula is C23H23Br. The number of fused-ring (bicyclic) bond motifs is 1. The average Bonchev–Trinajstić information content (AvgIpc) is 2.61. The van der Waals surface area contributed by atoms with Crippen molar-refractivity contribution in [3.05, 3.63) is 74.8 Å². The van der Waals surface area contributed by atoms with Crippen LogP contribution < -0.4 is 0 Å². The van der Waals surface area contributed by atoms with Crippen LogP contribution in [0.1, 0.15) is 54.9 Å². The smallest absolute Gasteiger partial charge is 0.0249 e. The van der Waals surface area contributed by atoms with Gasteiger partial charge in [0, 0.05) is 15.6 Å². The second kappa shape index (κ2) is 8.36. The van der Waals surface area contributed by atoms with Gasteiger partial charge < -0.3 is 0 Å². The van der Waals surface area contributed by atoms with Crippen molar-refractivity contribution in [2.24, 2.45) is 0 Å². The number of allylic oxidation sites excluding steroid dienone is 1. The lowest BCUT2D eigenvalue weighted by Crippen LogP contribution is -1.98. The maximum atomic E-state index is 3.54. The van der Waals surface area contributed by atoms with Gasteiger partial charge in [0.1, 0.15) is 0 Å². The maximum Gasteiger partial charge on any atom is 0.0249 e. The molecule has 1 aliphatic rings. The number of unbranched alkanes of at least 4 members (excludes halogenated alkanes) is 2. The molecule has 122 valence electrons. The normalized spacial score (nSPS) is 12.8. The molecule has 0 saturated heterocycles. The van der Waals surface area contributed by atoms with Crippen molar-refractivity contribution in [2.45, 2.75) is 45.4 Å². The minimum atomic E-state index is 1.03. The lowest BCUT2D eigenvalue weighted by Gasteiger charge is -2.13. The Hall–Kier alpha value is -1.78. The lowest BCUT2D eigenvalue weighted by molar-refractivity contribution is 0.717. The van der Waals surface area contributed by atoms with Crippen LogP contribution in [-0.2, 0) is 12.8 Å². The van der Waals surface area contributed by atoms with E-state index in [2.05, 4.69) is 83.2 Å². The Labute approximate surface area is 154 Å². The number of hydrogen-bond donors (Lipinski definition) is 0. The number of hydrogen-bond acceptors (Lipinski definition) is 0. The molecular weight excluding hydrogens is 356 g/mol. The van der Waals surface area contributed by atoms with Crippen molar-refractivity contribution in [1.29, 1.82) is 0 Å². The van der Waals surface area contributed by atoms with Crippen LogP contribution in [0.2, 0.25) is 0 Å². The molecule has 1 heteroatoms. The topological polar surface area (TPSA) is 0 Å². The molecule has 0 spiro atoms. The van der Waals surface area contributed by atoms with E-state index >= 15 is 0 Å². The molecule has 0 aliphatic heterocycles. The van der Waals surface area contributed by atoms with E-state index in [4.69, 9.17) is 0 Å². The van der Waals surface area contributed by atoms with Gasteiger partial charge in [-0.05, 0) is 72.7 Å². The van der Waals surface area contributed by atoms with Crippen LogP contribution >= 0.6 is 15.9 Å². The third kappa shape index (κ3) is 4.62. The summed E-state index contributed by atoms with van der Waals surface area (Å²) in [6, 6.07) is 15.2. The van der Waals surface area contributed by atoms with Crippen LogP contribution in [0.25, 0.3) is 6.08 Å². The van der Waals surface area contributed by atoms with Crippen LogP contribution in [0.5, 0.6) is 0 Å². The molecule has 0 N–H and O–H groups in total. The van der Waals surface area contributed by atoms with Gasteiger partial charge >= 0.3 is 0 Å². The summed E-state index contributed by atoms with van der Waals surface area (Å²) in [5.74, 6) is 6.69. The van der Waals surface area contributed by atoms with E-state index in [1.165, 1.54) is 47.9 Å². The van der Waals surface area contributed by atoms with Crippen molar-refractivity contribution in [1.82, 2.24) is 0 Å². The Balaban J connectivity index is 1.68. The van der Waals surface area contributed by atoms with E-state index < -0.39 is 0 Å². The molecule has 24 heavy (non-hydrogen) atoms. The van der Waals surface area contributed by atoms with Crippen molar-refractivity contribution in [3.8, 4) is 11.8 Å². The molecule has 0 aromatic heterocycles. The van der Waals surface area contributed by atoms with Crippen molar-refractivity contribution >= 4 is 22.0 Å². The fourth-order valence-corrected chi connectivity index (χ4v) is 3.45. The van der Waals surface area contributed by atoms with E-state index in [1.807, 2.05) is 0 Å². The average molecular weight is 379 g/mol. The SMILES string of the molecule is CCCCCc1ccc(C#CC2=Cc3ccc(Br)cc3CC2)cc1. The Bertz CT molecular complexity index is 785. The molecule has 1 aliphatic carbocycles. The van der Waals surface area contributed by atoms with E-state index in [-0.39, 0.29) is 0 Å². The highest BCUT2D eigenvalue weighted by atomic mass is 79.9. The summed E-state index contributed by atoms with van der Waals surface area (Å²) in [5, 5.41) is 0. The molecule has 0 bridgehead atoms. The van der Waals surface area contributed by atoms with Crippen LogP contribution in [0.3, 0.4) is 0 Å². The highest BCUT2D eigenvalue weighted by molar-refractivity contribution is 9.10. The summed E-state index contributed by atoms with van der Waals surface area (Å²) < 4.78 is 1.16. The fraction of sp³-hybridized carbons (Fsp3) is 0.304.